The molecule has 11 heavy (non-hydrogen) atoms. The fraction of sp³-hybridized carbons (Fsp3) is 0.875. The van der Waals surface area contributed by atoms with Crippen LogP contribution in [0, 0.1) is 0 Å². The Kier molecular flexibility index (Phi) is 2.89. The van der Waals surface area contributed by atoms with Crippen LogP contribution >= 0.6 is 0 Å². The van der Waals surface area contributed by atoms with Gasteiger partial charge in [-0.3, -0.25) is 0 Å². The summed E-state index contributed by atoms with van der Waals surface area (Å²) in [7, 11) is -1.63. The summed E-state index contributed by atoms with van der Waals surface area (Å²) in [4.78, 5) is 10.4. The molecule has 65 valence electrons. The van der Waals surface area contributed by atoms with Crippen molar-refractivity contribution in [1.82, 2.24) is 0 Å². The topological polar surface area (TPSA) is 37.0 Å². The average Bonchev–Trinajstić information content (AvgIpc) is 1.56. The molecule has 0 aromatic carbocycles. The fourth-order valence-electron chi connectivity index (χ4n) is 0.626. The van der Waals surface area contributed by atoms with Crippen LogP contribution in [-0.2, 0) is 9.90 Å². The van der Waals surface area contributed by atoms with Crippen molar-refractivity contribution < 1.29 is 9.90 Å². The molecule has 0 heterocycles. The first-order chi connectivity index (χ1) is 4.67. The van der Waals surface area contributed by atoms with E-state index in [1.807, 2.05) is 0 Å². The minimum absolute atomic E-state index is 0.146. The molecule has 0 fully saturated rings. The predicted molar refractivity (Wildman–Crippen MR) is 47.7 cm³/mol. The van der Waals surface area contributed by atoms with Gasteiger partial charge < -0.3 is 0 Å². The van der Waals surface area contributed by atoms with Gasteiger partial charge in [-0.25, -0.2) is 9.90 Å². The van der Waals surface area contributed by atoms with Gasteiger partial charge in [-0.1, -0.05) is 33.9 Å². The van der Waals surface area contributed by atoms with E-state index in [1.54, 1.807) is 0 Å². The summed E-state index contributed by atoms with van der Waals surface area (Å²) >= 11 is 0. The van der Waals surface area contributed by atoms with E-state index in [0.29, 0.717) is 0 Å². The number of hydrogen-bond acceptors (Lipinski definition) is 1. The van der Waals surface area contributed by atoms with Crippen molar-refractivity contribution in [2.24, 2.45) is 0 Å². The normalized spacial score (nSPS) is 13.2. The highest BCUT2D eigenvalue weighted by Gasteiger charge is 2.37. The van der Waals surface area contributed by atoms with Gasteiger partial charge in [0.25, 0.3) is 0 Å². The van der Waals surface area contributed by atoms with E-state index in [2.05, 4.69) is 33.9 Å². The fourth-order valence-corrected chi connectivity index (χ4v) is 1.88. The molecule has 0 aromatic rings. The van der Waals surface area contributed by atoms with Crippen LogP contribution in [0.2, 0.25) is 24.2 Å². The monoisotopic (exact) mass is 173 g/mol. The molecule has 2 nitrogen and oxygen atoms in total. The zero-order chi connectivity index (χ0) is 9.28. The van der Waals surface area contributed by atoms with E-state index in [-0.39, 0.29) is 11.1 Å². The number of rotatable bonds is 2. The second kappa shape index (κ2) is 2.97. The highest BCUT2D eigenvalue weighted by molar-refractivity contribution is 6.82. The van der Waals surface area contributed by atoms with Crippen LogP contribution in [0.5, 0.6) is 0 Å². The summed E-state index contributed by atoms with van der Waals surface area (Å²) in [5.41, 5.74) is 0. The molecule has 0 saturated heterocycles. The molecule has 0 bridgehead atoms. The van der Waals surface area contributed by atoms with Crippen LogP contribution in [0.3, 0.4) is 0 Å². The molecule has 0 aliphatic heterocycles. The lowest BCUT2D eigenvalue weighted by Crippen LogP contribution is -2.38. The van der Waals surface area contributed by atoms with Crippen LogP contribution in [0.1, 0.15) is 20.8 Å². The van der Waals surface area contributed by atoms with Gasteiger partial charge in [-0.15, -0.1) is 0 Å². The SMILES string of the molecule is CC(C)(C)[Si](C)(C)CC([O])=O. The average molecular weight is 173 g/mol. The lowest BCUT2D eigenvalue weighted by Gasteiger charge is -2.35. The molecule has 0 N–H and O–H groups in total. The van der Waals surface area contributed by atoms with Gasteiger partial charge in [-0.2, -0.15) is 0 Å². The predicted octanol–water partition coefficient (Wildman–Crippen LogP) is 2.45. The van der Waals surface area contributed by atoms with Gasteiger partial charge in [0.05, 0.1) is 8.07 Å². The van der Waals surface area contributed by atoms with Crippen LogP contribution in [0.4, 0.5) is 0 Å². The van der Waals surface area contributed by atoms with Crippen molar-refractivity contribution in [3.05, 3.63) is 0 Å². The van der Waals surface area contributed by atoms with Crippen LogP contribution < -0.4 is 0 Å². The second-order valence-electron chi connectivity index (χ2n) is 4.68. The van der Waals surface area contributed by atoms with E-state index in [9.17, 15) is 9.90 Å². The van der Waals surface area contributed by atoms with Gasteiger partial charge in [0.1, 0.15) is 0 Å². The summed E-state index contributed by atoms with van der Waals surface area (Å²) in [5.74, 6) is -0.906. The maximum atomic E-state index is 10.4. The van der Waals surface area contributed by atoms with Gasteiger partial charge in [0.2, 0.25) is 0 Å². The standard InChI is InChI=1S/C8H17O2Si/c1-8(2,3)11(4,5)6-7(9)10/h6H2,1-5H3. The molecule has 0 aliphatic carbocycles. The van der Waals surface area contributed by atoms with Crippen LogP contribution in [-0.4, -0.2) is 14.0 Å². The lowest BCUT2D eigenvalue weighted by atomic mass is 10.2. The summed E-state index contributed by atoms with van der Waals surface area (Å²) in [5, 5.41) is 10.5. The van der Waals surface area contributed by atoms with Crippen molar-refractivity contribution in [3.63, 3.8) is 0 Å². The smallest absolute Gasteiger partial charge is 0.248 e. The summed E-state index contributed by atoms with van der Waals surface area (Å²) in [6.45, 7) is 10.5. The van der Waals surface area contributed by atoms with Gasteiger partial charge in [-0.05, 0) is 5.04 Å². The summed E-state index contributed by atoms with van der Waals surface area (Å²) < 4.78 is 0. The number of carbonyl (C=O) groups is 1. The van der Waals surface area contributed by atoms with Crippen molar-refractivity contribution in [2.45, 2.75) is 44.9 Å². The lowest BCUT2D eigenvalue weighted by molar-refractivity contribution is -0.140. The first-order valence-corrected chi connectivity index (χ1v) is 7.07. The largest absolute Gasteiger partial charge is 0.352 e. The van der Waals surface area contributed by atoms with Crippen LogP contribution in [0.25, 0.3) is 0 Å². The van der Waals surface area contributed by atoms with Crippen LogP contribution in [0.15, 0.2) is 0 Å². The van der Waals surface area contributed by atoms with E-state index >= 15 is 0 Å². The Morgan fingerprint density at radius 3 is 1.73 bits per heavy atom. The van der Waals surface area contributed by atoms with Gasteiger partial charge in [0, 0.05) is 6.04 Å². The molecule has 0 aliphatic rings. The molecule has 0 amide bonds. The molecule has 0 unspecified atom stereocenters. The Hall–Kier alpha value is -0.313. The molecule has 0 saturated carbocycles. The summed E-state index contributed by atoms with van der Waals surface area (Å²) in [6, 6.07) is 0.260. The maximum Gasteiger partial charge on any atom is 0.352 e. The van der Waals surface area contributed by atoms with Crippen molar-refractivity contribution >= 4 is 14.0 Å². The second-order valence-corrected chi connectivity index (χ2v) is 10.3. The highest BCUT2D eigenvalue weighted by atomic mass is 28.3. The zero-order valence-electron chi connectivity index (χ0n) is 8.02. The Labute approximate surface area is 69.6 Å². The molecule has 0 spiro atoms. The van der Waals surface area contributed by atoms with E-state index < -0.39 is 14.0 Å². The van der Waals surface area contributed by atoms with Gasteiger partial charge in [0.15, 0.2) is 0 Å². The van der Waals surface area contributed by atoms with Crippen molar-refractivity contribution in [3.8, 4) is 0 Å². The highest BCUT2D eigenvalue weighted by Crippen LogP contribution is 2.38. The van der Waals surface area contributed by atoms with E-state index in [1.165, 1.54) is 0 Å². The van der Waals surface area contributed by atoms with Crippen molar-refractivity contribution in [1.29, 1.82) is 0 Å². The number of carbonyl (C=O) groups excluding carboxylic acids is 1. The molecular weight excluding hydrogens is 156 g/mol. The summed E-state index contributed by atoms with van der Waals surface area (Å²) in [6.07, 6.45) is 0. The minimum Gasteiger partial charge on any atom is -0.248 e. The zero-order valence-corrected chi connectivity index (χ0v) is 9.02. The quantitative estimate of drug-likeness (QED) is 0.591. The molecule has 0 atom stereocenters. The maximum absolute atomic E-state index is 10.4. The molecule has 3 heteroatoms. The minimum atomic E-state index is -1.63. The number of hydrogen-bond donors (Lipinski definition) is 0. The van der Waals surface area contributed by atoms with Gasteiger partial charge >= 0.3 is 5.97 Å². The molecular formula is C8H17O2Si. The van der Waals surface area contributed by atoms with E-state index in [4.69, 9.17) is 0 Å². The Morgan fingerprint density at radius 1 is 1.27 bits per heavy atom. The first kappa shape index (κ1) is 10.7. The van der Waals surface area contributed by atoms with Crippen molar-refractivity contribution in [2.75, 3.05) is 0 Å². The Morgan fingerprint density at radius 2 is 1.64 bits per heavy atom. The van der Waals surface area contributed by atoms with E-state index in [0.717, 1.165) is 0 Å². The molecule has 0 rings (SSSR count). The third kappa shape index (κ3) is 3.06. The first-order valence-electron chi connectivity index (χ1n) is 3.87. The Balaban J connectivity index is 4.34. The molecule has 1 radical (unpaired) electrons. The Bertz CT molecular complexity index is 156. The molecule has 0 aromatic heterocycles. The third-order valence-corrected chi connectivity index (χ3v) is 7.85. The third-order valence-electron chi connectivity index (χ3n) is 2.62.